The number of hydrogen-bond donors (Lipinski definition) is 2. The van der Waals surface area contributed by atoms with Gasteiger partial charge in [0.2, 0.25) is 0 Å². The fourth-order valence-electron chi connectivity index (χ4n) is 1.51. The van der Waals surface area contributed by atoms with Crippen molar-refractivity contribution in [2.24, 2.45) is 0 Å². The van der Waals surface area contributed by atoms with E-state index in [1.807, 2.05) is 24.3 Å². The Morgan fingerprint density at radius 1 is 1.47 bits per heavy atom. The second-order valence-electron chi connectivity index (χ2n) is 3.89. The van der Waals surface area contributed by atoms with Gasteiger partial charge in [0.05, 0.1) is 16.6 Å². The Bertz CT molecular complexity index is 545. The number of benzene rings is 1. The minimum Gasteiger partial charge on any atom is -0.392 e. The molecule has 2 aromatic rings. The molecular formula is C12H12BrClN2O. The average Bonchev–Trinajstić information content (AvgIpc) is 2.26. The van der Waals surface area contributed by atoms with E-state index in [4.69, 9.17) is 11.6 Å². The Kier molecular flexibility index (Phi) is 3.86. The van der Waals surface area contributed by atoms with Gasteiger partial charge in [-0.05, 0) is 31.2 Å². The predicted molar refractivity (Wildman–Crippen MR) is 74.6 cm³/mol. The molecule has 17 heavy (non-hydrogen) atoms. The number of nitrogens with zero attached hydrogens (tertiary/aromatic N) is 1. The van der Waals surface area contributed by atoms with Crippen molar-refractivity contribution >= 4 is 44.3 Å². The normalized spacial score (nSPS) is 12.7. The van der Waals surface area contributed by atoms with Crippen LogP contribution in [-0.2, 0) is 0 Å². The standard InChI is InChI=1S/C12H12BrClN2O/c1-7(17)6-15-11-3-2-8-4-9(13)5-10(14)12(8)16-11/h2-5,7,17H,6H2,1H3,(H,15,16). The molecule has 1 aromatic carbocycles. The van der Waals surface area contributed by atoms with E-state index in [1.54, 1.807) is 6.92 Å². The minimum absolute atomic E-state index is 0.409. The number of halogens is 2. The molecule has 90 valence electrons. The van der Waals surface area contributed by atoms with E-state index in [-0.39, 0.29) is 0 Å². The zero-order valence-corrected chi connectivity index (χ0v) is 11.6. The number of anilines is 1. The van der Waals surface area contributed by atoms with Crippen LogP contribution in [0.5, 0.6) is 0 Å². The van der Waals surface area contributed by atoms with Crippen LogP contribution in [-0.4, -0.2) is 22.7 Å². The second kappa shape index (κ2) is 5.21. The van der Waals surface area contributed by atoms with E-state index < -0.39 is 6.10 Å². The van der Waals surface area contributed by atoms with Crippen molar-refractivity contribution in [3.8, 4) is 0 Å². The number of aliphatic hydroxyl groups excluding tert-OH is 1. The molecule has 0 aliphatic carbocycles. The molecule has 1 aromatic heterocycles. The maximum absolute atomic E-state index is 9.20. The van der Waals surface area contributed by atoms with Gasteiger partial charge >= 0.3 is 0 Å². The van der Waals surface area contributed by atoms with Gasteiger partial charge in [0.1, 0.15) is 5.82 Å². The summed E-state index contributed by atoms with van der Waals surface area (Å²) in [5, 5.41) is 13.8. The van der Waals surface area contributed by atoms with E-state index in [9.17, 15) is 5.11 Å². The van der Waals surface area contributed by atoms with E-state index in [0.29, 0.717) is 17.4 Å². The molecule has 0 saturated carbocycles. The van der Waals surface area contributed by atoms with Gasteiger partial charge in [-0.3, -0.25) is 0 Å². The van der Waals surface area contributed by atoms with Crippen molar-refractivity contribution in [2.75, 3.05) is 11.9 Å². The van der Waals surface area contributed by atoms with Crippen molar-refractivity contribution < 1.29 is 5.11 Å². The lowest BCUT2D eigenvalue weighted by Crippen LogP contribution is -2.15. The molecule has 0 amide bonds. The Morgan fingerprint density at radius 3 is 2.94 bits per heavy atom. The summed E-state index contributed by atoms with van der Waals surface area (Å²) in [6, 6.07) is 7.60. The number of fused-ring (bicyclic) bond motifs is 1. The number of pyridine rings is 1. The van der Waals surface area contributed by atoms with Gasteiger partial charge in [0.25, 0.3) is 0 Å². The quantitative estimate of drug-likeness (QED) is 0.912. The van der Waals surface area contributed by atoms with Crippen molar-refractivity contribution in [3.63, 3.8) is 0 Å². The Labute approximate surface area is 113 Å². The third-order valence-electron chi connectivity index (χ3n) is 2.29. The third-order valence-corrected chi connectivity index (χ3v) is 3.04. The van der Waals surface area contributed by atoms with Crippen molar-refractivity contribution in [1.29, 1.82) is 0 Å². The van der Waals surface area contributed by atoms with E-state index in [2.05, 4.69) is 26.2 Å². The Hall–Kier alpha value is -0.840. The molecule has 1 heterocycles. The van der Waals surface area contributed by atoms with Gasteiger partial charge < -0.3 is 10.4 Å². The number of aromatic nitrogens is 1. The summed E-state index contributed by atoms with van der Waals surface area (Å²) in [5.74, 6) is 0.711. The average molecular weight is 316 g/mol. The van der Waals surface area contributed by atoms with Gasteiger partial charge in [-0.2, -0.15) is 0 Å². The first kappa shape index (κ1) is 12.6. The van der Waals surface area contributed by atoms with Crippen LogP contribution < -0.4 is 5.32 Å². The fraction of sp³-hybridized carbons (Fsp3) is 0.250. The maximum atomic E-state index is 9.20. The molecule has 1 unspecified atom stereocenters. The summed E-state index contributed by atoms with van der Waals surface area (Å²) in [5.41, 5.74) is 0.755. The van der Waals surface area contributed by atoms with Crippen molar-refractivity contribution in [3.05, 3.63) is 33.8 Å². The van der Waals surface area contributed by atoms with Crippen LogP contribution in [0.3, 0.4) is 0 Å². The summed E-state index contributed by atoms with van der Waals surface area (Å²) >= 11 is 9.52. The molecule has 2 rings (SSSR count). The van der Waals surface area contributed by atoms with E-state index >= 15 is 0 Å². The SMILES string of the molecule is CC(O)CNc1ccc2cc(Br)cc(Cl)c2n1. The Balaban J connectivity index is 2.36. The lowest BCUT2D eigenvalue weighted by molar-refractivity contribution is 0.208. The van der Waals surface area contributed by atoms with Gasteiger partial charge in [0, 0.05) is 16.4 Å². The summed E-state index contributed by atoms with van der Waals surface area (Å²) in [6.45, 7) is 2.19. The summed E-state index contributed by atoms with van der Waals surface area (Å²) < 4.78 is 0.932. The zero-order valence-electron chi connectivity index (χ0n) is 9.24. The Morgan fingerprint density at radius 2 is 2.24 bits per heavy atom. The molecule has 0 fully saturated rings. The highest BCUT2D eigenvalue weighted by Gasteiger charge is 2.04. The summed E-state index contributed by atoms with van der Waals surface area (Å²) in [4.78, 5) is 4.41. The molecule has 0 aliphatic rings. The molecule has 2 N–H and O–H groups in total. The number of hydrogen-bond acceptors (Lipinski definition) is 3. The number of rotatable bonds is 3. The van der Waals surface area contributed by atoms with E-state index in [1.165, 1.54) is 0 Å². The lowest BCUT2D eigenvalue weighted by Gasteiger charge is -2.09. The van der Waals surface area contributed by atoms with Gasteiger partial charge in [0.15, 0.2) is 0 Å². The predicted octanol–water partition coefficient (Wildman–Crippen LogP) is 3.44. The van der Waals surface area contributed by atoms with E-state index in [0.717, 1.165) is 15.4 Å². The largest absolute Gasteiger partial charge is 0.392 e. The number of aliphatic hydroxyl groups is 1. The topological polar surface area (TPSA) is 45.1 Å². The highest BCUT2D eigenvalue weighted by atomic mass is 79.9. The van der Waals surface area contributed by atoms with Crippen LogP contribution >= 0.6 is 27.5 Å². The summed E-state index contributed by atoms with van der Waals surface area (Å²) in [6.07, 6.45) is -0.409. The maximum Gasteiger partial charge on any atom is 0.126 e. The molecule has 0 bridgehead atoms. The monoisotopic (exact) mass is 314 g/mol. The van der Waals surface area contributed by atoms with Crippen LogP contribution in [0.1, 0.15) is 6.92 Å². The second-order valence-corrected chi connectivity index (χ2v) is 5.21. The third kappa shape index (κ3) is 3.09. The first-order valence-electron chi connectivity index (χ1n) is 5.24. The molecule has 3 nitrogen and oxygen atoms in total. The van der Waals surface area contributed by atoms with Crippen molar-refractivity contribution in [2.45, 2.75) is 13.0 Å². The molecular weight excluding hydrogens is 304 g/mol. The molecule has 1 atom stereocenters. The van der Waals surface area contributed by atoms with Gasteiger partial charge in [-0.1, -0.05) is 27.5 Å². The minimum atomic E-state index is -0.409. The van der Waals surface area contributed by atoms with Crippen LogP contribution in [0, 0.1) is 0 Å². The first-order chi connectivity index (χ1) is 8.06. The number of nitrogens with one attached hydrogen (secondary N) is 1. The fourth-order valence-corrected chi connectivity index (χ4v) is 2.38. The molecule has 0 spiro atoms. The highest BCUT2D eigenvalue weighted by Crippen LogP contribution is 2.27. The first-order valence-corrected chi connectivity index (χ1v) is 6.41. The van der Waals surface area contributed by atoms with Crippen LogP contribution in [0.15, 0.2) is 28.7 Å². The van der Waals surface area contributed by atoms with Gasteiger partial charge in [-0.15, -0.1) is 0 Å². The van der Waals surface area contributed by atoms with Crippen LogP contribution in [0.4, 0.5) is 5.82 Å². The smallest absolute Gasteiger partial charge is 0.126 e. The van der Waals surface area contributed by atoms with Gasteiger partial charge in [-0.25, -0.2) is 4.98 Å². The zero-order chi connectivity index (χ0) is 12.4. The lowest BCUT2D eigenvalue weighted by atomic mass is 10.2. The van der Waals surface area contributed by atoms with Crippen LogP contribution in [0.2, 0.25) is 5.02 Å². The molecule has 5 heteroatoms. The molecule has 0 radical (unpaired) electrons. The summed E-state index contributed by atoms with van der Waals surface area (Å²) in [7, 11) is 0. The van der Waals surface area contributed by atoms with Crippen LogP contribution in [0.25, 0.3) is 10.9 Å². The molecule has 0 aliphatic heterocycles. The highest BCUT2D eigenvalue weighted by molar-refractivity contribution is 9.10. The van der Waals surface area contributed by atoms with Crippen molar-refractivity contribution in [1.82, 2.24) is 4.98 Å². The molecule has 0 saturated heterocycles.